The smallest absolute Gasteiger partial charge is 0.137 e. The number of anilines is 9. The van der Waals surface area contributed by atoms with Crippen molar-refractivity contribution >= 4 is 147 Å². The maximum atomic E-state index is 6.63. The molecule has 0 saturated heterocycles. The van der Waals surface area contributed by atoms with E-state index in [0.717, 1.165) is 67.4 Å². The zero-order valence-electron chi connectivity index (χ0n) is 37.7. The Kier molecular flexibility index (Phi) is 9.54. The van der Waals surface area contributed by atoms with Crippen molar-refractivity contribution < 1.29 is 4.42 Å². The number of fused-ring (bicyclic) bond motifs is 10. The number of thiophene rings is 2. The van der Waals surface area contributed by atoms with Gasteiger partial charge >= 0.3 is 0 Å². The molecule has 0 aliphatic heterocycles. The quantitative estimate of drug-likeness (QED) is 0.144. The average Bonchev–Trinajstić information content (AvgIpc) is 4.11. The fourth-order valence-corrected chi connectivity index (χ4v) is 12.9. The van der Waals surface area contributed by atoms with Gasteiger partial charge in [0.2, 0.25) is 0 Å². The molecule has 6 heteroatoms. The van der Waals surface area contributed by atoms with Gasteiger partial charge in [0, 0.05) is 85.2 Å². The van der Waals surface area contributed by atoms with Crippen molar-refractivity contribution in [1.29, 1.82) is 0 Å². The summed E-state index contributed by atoms with van der Waals surface area (Å²) in [7, 11) is 0. The van der Waals surface area contributed by atoms with Crippen LogP contribution in [0.3, 0.4) is 0 Å². The molecule has 0 fully saturated rings. The van der Waals surface area contributed by atoms with Gasteiger partial charge in [-0.1, -0.05) is 140 Å². The van der Waals surface area contributed by atoms with Crippen molar-refractivity contribution in [3.8, 4) is 0 Å². The van der Waals surface area contributed by atoms with Gasteiger partial charge in [0.15, 0.2) is 0 Å². The van der Waals surface area contributed by atoms with Crippen LogP contribution in [0.2, 0.25) is 0 Å². The molecule has 0 unspecified atom stereocenters. The predicted molar refractivity (Wildman–Crippen MR) is 301 cm³/mol. The molecule has 14 aromatic rings. The van der Waals surface area contributed by atoms with E-state index in [1.54, 1.807) is 0 Å². The van der Waals surface area contributed by atoms with E-state index >= 15 is 0 Å². The fraction of sp³-hybridized carbons (Fsp3) is 0. The van der Waals surface area contributed by atoms with E-state index in [-0.39, 0.29) is 0 Å². The van der Waals surface area contributed by atoms with Crippen molar-refractivity contribution in [2.24, 2.45) is 0 Å². The second-order valence-corrected chi connectivity index (χ2v) is 19.8. The number of furan rings is 1. The summed E-state index contributed by atoms with van der Waals surface area (Å²) in [5.74, 6) is 0. The molecule has 0 saturated carbocycles. The summed E-state index contributed by atoms with van der Waals surface area (Å²) in [5, 5.41) is 9.42. The minimum atomic E-state index is 0.847. The van der Waals surface area contributed by atoms with Crippen LogP contribution in [0.5, 0.6) is 0 Å². The first-order valence-corrected chi connectivity index (χ1v) is 25.2. The standard InChI is InChI=1S/C64H41N3OS2/c1-5-21-43(22-6-1)65(44-23-7-2-8-24-44)47-36-37-58-52(39-47)62-54(67(46-27-11-4-12-28-46)53-32-19-34-56-61(53)50-30-15-17-33-55(50)68-56)40-48(41-60(62)70-58)66(45-25-9-3-10-26-45)64-49-29-14-13-20-42(49)38-59-63(64)51-31-16-18-35-57(51)69-59/h1-41H. The second kappa shape index (κ2) is 16.5. The Balaban J connectivity index is 1.13. The first-order valence-electron chi connectivity index (χ1n) is 23.6. The molecule has 11 aromatic carbocycles. The zero-order chi connectivity index (χ0) is 46.1. The van der Waals surface area contributed by atoms with Crippen LogP contribution < -0.4 is 14.7 Å². The molecule has 0 atom stereocenters. The maximum absolute atomic E-state index is 6.63. The van der Waals surface area contributed by atoms with Gasteiger partial charge < -0.3 is 19.1 Å². The van der Waals surface area contributed by atoms with E-state index < -0.39 is 0 Å². The van der Waals surface area contributed by atoms with Crippen LogP contribution in [-0.4, -0.2) is 0 Å². The Hall–Kier alpha value is -8.68. The lowest BCUT2D eigenvalue weighted by Crippen LogP contribution is -2.14. The molecule has 3 heterocycles. The fourth-order valence-electron chi connectivity index (χ4n) is 10.6. The molecule has 70 heavy (non-hydrogen) atoms. The van der Waals surface area contributed by atoms with Gasteiger partial charge in [0.1, 0.15) is 11.2 Å². The third kappa shape index (κ3) is 6.56. The van der Waals surface area contributed by atoms with E-state index in [1.165, 1.54) is 56.8 Å². The van der Waals surface area contributed by atoms with Crippen LogP contribution in [0.15, 0.2) is 253 Å². The van der Waals surface area contributed by atoms with Crippen molar-refractivity contribution in [1.82, 2.24) is 0 Å². The van der Waals surface area contributed by atoms with E-state index in [1.807, 2.05) is 22.7 Å². The molecular formula is C64H41N3OS2. The number of benzene rings is 11. The van der Waals surface area contributed by atoms with Crippen LogP contribution in [0.1, 0.15) is 0 Å². The minimum Gasteiger partial charge on any atom is -0.456 e. The van der Waals surface area contributed by atoms with Gasteiger partial charge in [0.25, 0.3) is 0 Å². The van der Waals surface area contributed by atoms with Crippen LogP contribution in [-0.2, 0) is 0 Å². The van der Waals surface area contributed by atoms with Crippen molar-refractivity contribution in [2.45, 2.75) is 0 Å². The Labute approximate surface area is 412 Å². The molecule has 0 amide bonds. The normalized spacial score (nSPS) is 11.7. The van der Waals surface area contributed by atoms with E-state index in [9.17, 15) is 0 Å². The van der Waals surface area contributed by atoms with Crippen molar-refractivity contribution in [3.63, 3.8) is 0 Å². The lowest BCUT2D eigenvalue weighted by molar-refractivity contribution is 0.669. The monoisotopic (exact) mass is 931 g/mol. The van der Waals surface area contributed by atoms with Gasteiger partial charge in [-0.05, 0) is 115 Å². The van der Waals surface area contributed by atoms with Crippen LogP contribution in [0, 0.1) is 0 Å². The third-order valence-electron chi connectivity index (χ3n) is 13.5. The van der Waals surface area contributed by atoms with Crippen molar-refractivity contribution in [2.75, 3.05) is 14.7 Å². The lowest BCUT2D eigenvalue weighted by atomic mass is 10.00. The molecule has 0 spiro atoms. The maximum Gasteiger partial charge on any atom is 0.137 e. The largest absolute Gasteiger partial charge is 0.456 e. The Morgan fingerprint density at radius 3 is 1.51 bits per heavy atom. The van der Waals surface area contributed by atoms with Gasteiger partial charge in [-0.25, -0.2) is 0 Å². The lowest BCUT2D eigenvalue weighted by Gasteiger charge is -2.31. The highest BCUT2D eigenvalue weighted by atomic mass is 32.1. The van der Waals surface area contributed by atoms with Gasteiger partial charge in [-0.15, -0.1) is 22.7 Å². The van der Waals surface area contributed by atoms with Crippen LogP contribution in [0.4, 0.5) is 51.2 Å². The van der Waals surface area contributed by atoms with Gasteiger partial charge in [-0.2, -0.15) is 0 Å². The van der Waals surface area contributed by atoms with E-state index in [0.29, 0.717) is 0 Å². The Morgan fingerprint density at radius 2 is 0.814 bits per heavy atom. The molecule has 4 nitrogen and oxygen atoms in total. The molecule has 0 N–H and O–H groups in total. The minimum absolute atomic E-state index is 0.847. The Bertz CT molecular complexity index is 4220. The molecule has 14 rings (SSSR count). The average molecular weight is 932 g/mol. The van der Waals surface area contributed by atoms with E-state index in [4.69, 9.17) is 4.42 Å². The van der Waals surface area contributed by atoms with E-state index in [2.05, 4.69) is 263 Å². The van der Waals surface area contributed by atoms with Crippen molar-refractivity contribution in [3.05, 3.63) is 249 Å². The number of hydrogen-bond donors (Lipinski definition) is 0. The van der Waals surface area contributed by atoms with Gasteiger partial charge in [0.05, 0.1) is 22.4 Å². The highest BCUT2D eigenvalue weighted by Gasteiger charge is 2.28. The predicted octanol–water partition coefficient (Wildman–Crippen LogP) is 19.9. The van der Waals surface area contributed by atoms with Crippen LogP contribution in [0.25, 0.3) is 73.1 Å². The third-order valence-corrected chi connectivity index (χ3v) is 15.8. The number of nitrogens with zero attached hydrogens (tertiary/aromatic N) is 3. The Morgan fingerprint density at radius 1 is 0.271 bits per heavy atom. The number of para-hydroxylation sites is 5. The van der Waals surface area contributed by atoms with Gasteiger partial charge in [-0.3, -0.25) is 0 Å². The molecule has 330 valence electrons. The number of hydrogen-bond acceptors (Lipinski definition) is 6. The molecule has 3 aromatic heterocycles. The summed E-state index contributed by atoms with van der Waals surface area (Å²) >= 11 is 3.71. The highest BCUT2D eigenvalue weighted by molar-refractivity contribution is 7.26. The summed E-state index contributed by atoms with van der Waals surface area (Å²) in [6.45, 7) is 0. The molecule has 0 radical (unpaired) electrons. The topological polar surface area (TPSA) is 22.9 Å². The summed E-state index contributed by atoms with van der Waals surface area (Å²) < 4.78 is 11.6. The summed E-state index contributed by atoms with van der Waals surface area (Å²) in [6, 6.07) is 90.0. The zero-order valence-corrected chi connectivity index (χ0v) is 39.4. The molecule has 0 aliphatic carbocycles. The SMILES string of the molecule is c1ccc(N(c2ccccc2)c2ccc3sc4cc(N(c5ccccc5)c5c6ccccc6cc6sc7ccccc7c56)cc(N(c5ccccc5)c5cccc6oc7ccccc7c56)c4c3c2)cc1. The highest BCUT2D eigenvalue weighted by Crippen LogP contribution is 2.54. The molecule has 0 bridgehead atoms. The molecular weight excluding hydrogens is 891 g/mol. The summed E-state index contributed by atoms with van der Waals surface area (Å²) in [4.78, 5) is 7.35. The summed E-state index contributed by atoms with van der Waals surface area (Å²) in [5.41, 5.74) is 11.5. The van der Waals surface area contributed by atoms with Crippen LogP contribution >= 0.6 is 22.7 Å². The first kappa shape index (κ1) is 40.4. The molecule has 0 aliphatic rings. The number of rotatable bonds is 9. The summed E-state index contributed by atoms with van der Waals surface area (Å²) in [6.07, 6.45) is 0. The second-order valence-electron chi connectivity index (χ2n) is 17.6. The first-order chi connectivity index (χ1) is 34.7.